The molecule has 5 rings (SSSR count). The second-order valence-corrected chi connectivity index (χ2v) is 8.47. The number of fused-ring (bicyclic) bond motifs is 2. The summed E-state index contributed by atoms with van der Waals surface area (Å²) in [5.41, 5.74) is 4.47. The Labute approximate surface area is 188 Å². The number of hydrogen-bond donors (Lipinski definition) is 1. The first kappa shape index (κ1) is 20.7. The van der Waals surface area contributed by atoms with Gasteiger partial charge in [-0.2, -0.15) is 0 Å². The van der Waals surface area contributed by atoms with Crippen LogP contribution in [0.25, 0.3) is 0 Å². The van der Waals surface area contributed by atoms with Crippen LogP contribution in [0.5, 0.6) is 5.75 Å². The van der Waals surface area contributed by atoms with Crippen molar-refractivity contribution in [3.8, 4) is 5.75 Å². The molecular formula is C26H27N3O3. The van der Waals surface area contributed by atoms with Gasteiger partial charge in [0.05, 0.1) is 19.3 Å². The Bertz CT molecular complexity index is 1100. The Kier molecular flexibility index (Phi) is 5.64. The van der Waals surface area contributed by atoms with Gasteiger partial charge in [0.1, 0.15) is 11.9 Å². The summed E-state index contributed by atoms with van der Waals surface area (Å²) in [4.78, 5) is 19.4. The van der Waals surface area contributed by atoms with Crippen LogP contribution < -0.4 is 10.1 Å². The molecule has 2 unspecified atom stereocenters. The van der Waals surface area contributed by atoms with E-state index >= 15 is 0 Å². The van der Waals surface area contributed by atoms with Crippen molar-refractivity contribution in [3.05, 3.63) is 95.3 Å². The van der Waals surface area contributed by atoms with E-state index in [-0.39, 0.29) is 11.4 Å². The molecule has 3 aromatic rings. The summed E-state index contributed by atoms with van der Waals surface area (Å²) in [7, 11) is 1.69. The highest BCUT2D eigenvalue weighted by atomic mass is 16.5. The molecule has 1 N–H and O–H groups in total. The summed E-state index contributed by atoms with van der Waals surface area (Å²) in [5, 5.41) is 3.02. The quantitative estimate of drug-likeness (QED) is 0.651. The lowest BCUT2D eigenvalue weighted by Crippen LogP contribution is -2.42. The van der Waals surface area contributed by atoms with Gasteiger partial charge in [-0.25, -0.2) is 0 Å². The third kappa shape index (κ3) is 3.87. The van der Waals surface area contributed by atoms with Gasteiger partial charge in [0.2, 0.25) is 5.91 Å². The third-order valence-electron chi connectivity index (χ3n) is 6.55. The average molecular weight is 430 g/mol. The smallest absolute Gasteiger partial charge is 0.249 e. The second-order valence-electron chi connectivity index (χ2n) is 8.47. The fraction of sp³-hybridized carbons (Fsp3) is 0.308. The lowest BCUT2D eigenvalue weighted by atomic mass is 9.86. The van der Waals surface area contributed by atoms with E-state index in [1.807, 2.05) is 24.3 Å². The minimum atomic E-state index is -0.476. The van der Waals surface area contributed by atoms with Crippen molar-refractivity contribution in [3.63, 3.8) is 0 Å². The van der Waals surface area contributed by atoms with Crippen LogP contribution in [0.15, 0.2) is 73.1 Å². The minimum Gasteiger partial charge on any atom is -0.497 e. The molecule has 0 radical (unpaired) electrons. The van der Waals surface area contributed by atoms with Crippen molar-refractivity contribution in [2.75, 3.05) is 13.7 Å². The molecule has 1 spiro atoms. The van der Waals surface area contributed by atoms with E-state index < -0.39 is 6.10 Å². The molecule has 3 heterocycles. The molecule has 0 bridgehead atoms. The highest BCUT2D eigenvalue weighted by Crippen LogP contribution is 2.47. The van der Waals surface area contributed by atoms with Crippen molar-refractivity contribution in [1.82, 2.24) is 15.2 Å². The summed E-state index contributed by atoms with van der Waals surface area (Å²) >= 11 is 0. The molecule has 1 amide bonds. The topological polar surface area (TPSA) is 63.7 Å². The third-order valence-corrected chi connectivity index (χ3v) is 6.55. The lowest BCUT2D eigenvalue weighted by molar-refractivity contribution is -0.130. The second kappa shape index (κ2) is 8.73. The molecule has 2 aliphatic heterocycles. The van der Waals surface area contributed by atoms with Gasteiger partial charge in [0.25, 0.3) is 0 Å². The van der Waals surface area contributed by atoms with Crippen molar-refractivity contribution in [2.45, 2.75) is 37.7 Å². The van der Waals surface area contributed by atoms with Gasteiger partial charge in [0.15, 0.2) is 0 Å². The zero-order chi connectivity index (χ0) is 22.0. The van der Waals surface area contributed by atoms with Crippen LogP contribution in [0, 0.1) is 0 Å². The highest BCUT2D eigenvalue weighted by Gasteiger charge is 2.52. The normalized spacial score (nSPS) is 22.1. The van der Waals surface area contributed by atoms with E-state index in [0.717, 1.165) is 24.4 Å². The first-order valence-electron chi connectivity index (χ1n) is 10.9. The maximum atomic E-state index is 12.9. The van der Waals surface area contributed by atoms with Crippen molar-refractivity contribution in [2.24, 2.45) is 0 Å². The number of rotatable bonds is 6. The molecule has 0 aliphatic carbocycles. The number of amides is 1. The first-order valence-corrected chi connectivity index (χ1v) is 10.9. The Morgan fingerprint density at radius 3 is 2.84 bits per heavy atom. The monoisotopic (exact) mass is 429 g/mol. The van der Waals surface area contributed by atoms with E-state index in [4.69, 9.17) is 9.47 Å². The zero-order valence-corrected chi connectivity index (χ0v) is 18.2. The molecule has 164 valence electrons. The largest absolute Gasteiger partial charge is 0.497 e. The number of hydrogen-bond acceptors (Lipinski definition) is 5. The van der Waals surface area contributed by atoms with E-state index in [1.54, 1.807) is 19.5 Å². The van der Waals surface area contributed by atoms with Crippen LogP contribution in [0.3, 0.4) is 0 Å². The highest BCUT2D eigenvalue weighted by molar-refractivity contribution is 5.81. The van der Waals surface area contributed by atoms with Crippen LogP contribution in [0.2, 0.25) is 0 Å². The van der Waals surface area contributed by atoms with Crippen molar-refractivity contribution in [1.29, 1.82) is 0 Å². The Morgan fingerprint density at radius 1 is 1.16 bits per heavy atom. The molecule has 6 heteroatoms. The SMILES string of the molecule is COc1cccc(CN2Cc3ccccc3C23COC(C(=O)NCc2ccncc2)C3)c1. The summed E-state index contributed by atoms with van der Waals surface area (Å²) in [5.74, 6) is 0.786. The van der Waals surface area contributed by atoms with E-state index in [9.17, 15) is 4.79 Å². The van der Waals surface area contributed by atoms with E-state index in [2.05, 4.69) is 51.6 Å². The zero-order valence-electron chi connectivity index (χ0n) is 18.2. The maximum absolute atomic E-state index is 12.9. The molecule has 1 saturated heterocycles. The maximum Gasteiger partial charge on any atom is 0.249 e. The number of ether oxygens (including phenoxy) is 2. The number of aromatic nitrogens is 1. The molecule has 2 aromatic carbocycles. The molecule has 2 aliphatic rings. The number of carbonyl (C=O) groups excluding carboxylic acids is 1. The van der Waals surface area contributed by atoms with Crippen LogP contribution in [0.1, 0.15) is 28.7 Å². The summed E-state index contributed by atoms with van der Waals surface area (Å²) in [6.45, 7) is 2.57. The number of methoxy groups -OCH3 is 1. The molecular weight excluding hydrogens is 402 g/mol. The van der Waals surface area contributed by atoms with Gasteiger partial charge in [-0.3, -0.25) is 14.7 Å². The van der Waals surface area contributed by atoms with Gasteiger partial charge in [0, 0.05) is 38.4 Å². The predicted molar refractivity (Wildman–Crippen MR) is 121 cm³/mol. The van der Waals surface area contributed by atoms with Crippen LogP contribution in [-0.2, 0) is 34.7 Å². The van der Waals surface area contributed by atoms with Gasteiger partial charge >= 0.3 is 0 Å². The molecule has 32 heavy (non-hydrogen) atoms. The van der Waals surface area contributed by atoms with Gasteiger partial charge in [-0.15, -0.1) is 0 Å². The Hall–Kier alpha value is -3.22. The van der Waals surface area contributed by atoms with Crippen molar-refractivity contribution < 1.29 is 14.3 Å². The van der Waals surface area contributed by atoms with Gasteiger partial charge in [-0.1, -0.05) is 36.4 Å². The van der Waals surface area contributed by atoms with E-state index in [1.165, 1.54) is 16.7 Å². The fourth-order valence-electron chi connectivity index (χ4n) is 4.88. The first-order chi connectivity index (χ1) is 15.7. The Morgan fingerprint density at radius 2 is 2.00 bits per heavy atom. The van der Waals surface area contributed by atoms with Gasteiger partial charge in [-0.05, 0) is 46.5 Å². The molecule has 0 saturated carbocycles. The minimum absolute atomic E-state index is 0.0654. The number of benzene rings is 2. The molecule has 1 fully saturated rings. The summed E-state index contributed by atoms with van der Waals surface area (Å²) in [6.07, 6.45) is 3.62. The summed E-state index contributed by atoms with van der Waals surface area (Å²) in [6, 6.07) is 20.5. The lowest BCUT2D eigenvalue weighted by Gasteiger charge is -2.35. The number of pyridine rings is 1. The summed E-state index contributed by atoms with van der Waals surface area (Å²) < 4.78 is 11.5. The molecule has 2 atom stereocenters. The van der Waals surface area contributed by atoms with Gasteiger partial charge < -0.3 is 14.8 Å². The number of nitrogens with zero attached hydrogens (tertiary/aromatic N) is 2. The van der Waals surface area contributed by atoms with E-state index in [0.29, 0.717) is 19.6 Å². The number of nitrogens with one attached hydrogen (secondary N) is 1. The number of carbonyl (C=O) groups is 1. The molecule has 6 nitrogen and oxygen atoms in total. The van der Waals surface area contributed by atoms with Crippen LogP contribution in [-0.4, -0.2) is 35.6 Å². The van der Waals surface area contributed by atoms with Crippen LogP contribution in [0.4, 0.5) is 0 Å². The standard InChI is InChI=1S/C26H27N3O3/c1-31-22-7-4-5-20(13-22)16-29-17-21-6-2-3-8-23(21)26(29)14-24(32-18-26)25(30)28-15-19-9-11-27-12-10-19/h2-13,24H,14-18H2,1H3,(H,28,30). The average Bonchev–Trinajstić information content (AvgIpc) is 3.41. The molecule has 1 aromatic heterocycles. The Balaban J connectivity index is 1.35. The van der Waals surface area contributed by atoms with Crippen LogP contribution >= 0.6 is 0 Å². The predicted octanol–water partition coefficient (Wildman–Crippen LogP) is 3.41. The fourth-order valence-corrected chi connectivity index (χ4v) is 4.88. The van der Waals surface area contributed by atoms with Crippen molar-refractivity contribution >= 4 is 5.91 Å².